The third-order valence-electron chi connectivity index (χ3n) is 4.61. The molecule has 0 bridgehead atoms. The van der Waals surface area contributed by atoms with Gasteiger partial charge in [-0.2, -0.15) is 0 Å². The first-order valence-corrected chi connectivity index (χ1v) is 9.20. The molecule has 0 amide bonds. The summed E-state index contributed by atoms with van der Waals surface area (Å²) in [6.07, 6.45) is 12.0. The number of allylic oxidation sites excluding steroid dienone is 6. The van der Waals surface area contributed by atoms with Crippen LogP contribution in [0.3, 0.4) is 0 Å². The van der Waals surface area contributed by atoms with Crippen LogP contribution in [0, 0.1) is 6.92 Å². The van der Waals surface area contributed by atoms with Gasteiger partial charge in [0, 0.05) is 11.1 Å². The first-order valence-electron chi connectivity index (χ1n) is 9.20. The number of rotatable bonds is 9. The summed E-state index contributed by atoms with van der Waals surface area (Å²) in [5.41, 5.74) is 5.74. The van der Waals surface area contributed by atoms with Crippen molar-refractivity contribution in [3.05, 3.63) is 57.7 Å². The lowest BCUT2D eigenvalue weighted by Gasteiger charge is -2.11. The number of hydrogen-bond donors (Lipinski definition) is 2. The molecule has 1 aromatic rings. The van der Waals surface area contributed by atoms with Crippen LogP contribution in [0.1, 0.15) is 74.9 Å². The fraction of sp³-hybridized carbons (Fsp3) is 0.435. The number of carbonyl (C=O) groups is 1. The van der Waals surface area contributed by atoms with Crippen molar-refractivity contribution >= 4 is 6.29 Å². The molecule has 0 aliphatic heterocycles. The standard InChI is InChI=1S/C23H32O3/c1-16(2)8-6-9-17(3)10-7-11-18(4)12-13-21-19(5)20(15-24)14-22(25)23(21)26/h8,10,12,14-15,25-26H,6-7,9,11,13H2,1-5H3. The monoisotopic (exact) mass is 356 g/mol. The fourth-order valence-electron chi connectivity index (χ4n) is 2.82. The Morgan fingerprint density at radius 2 is 1.54 bits per heavy atom. The van der Waals surface area contributed by atoms with E-state index in [1.54, 1.807) is 6.92 Å². The fourth-order valence-corrected chi connectivity index (χ4v) is 2.82. The Labute approximate surface area is 157 Å². The summed E-state index contributed by atoms with van der Waals surface area (Å²) >= 11 is 0. The van der Waals surface area contributed by atoms with Crippen molar-refractivity contribution in [1.82, 2.24) is 0 Å². The van der Waals surface area contributed by atoms with E-state index in [1.807, 2.05) is 0 Å². The van der Waals surface area contributed by atoms with Crippen LogP contribution in [-0.4, -0.2) is 16.5 Å². The minimum atomic E-state index is -0.242. The van der Waals surface area contributed by atoms with E-state index in [-0.39, 0.29) is 11.5 Å². The molecule has 0 spiro atoms. The van der Waals surface area contributed by atoms with Gasteiger partial charge in [0.1, 0.15) is 6.29 Å². The maximum Gasteiger partial charge on any atom is 0.161 e. The van der Waals surface area contributed by atoms with E-state index in [1.165, 1.54) is 22.8 Å². The first-order chi connectivity index (χ1) is 12.3. The highest BCUT2D eigenvalue weighted by molar-refractivity contribution is 5.80. The van der Waals surface area contributed by atoms with Crippen LogP contribution in [0.5, 0.6) is 11.5 Å². The van der Waals surface area contributed by atoms with E-state index < -0.39 is 0 Å². The Kier molecular flexibility index (Phi) is 8.91. The first kappa shape index (κ1) is 21.8. The van der Waals surface area contributed by atoms with Crippen molar-refractivity contribution in [3.63, 3.8) is 0 Å². The van der Waals surface area contributed by atoms with Crippen LogP contribution in [-0.2, 0) is 6.42 Å². The summed E-state index contributed by atoms with van der Waals surface area (Å²) in [6, 6.07) is 1.31. The second kappa shape index (κ2) is 10.6. The van der Waals surface area contributed by atoms with Gasteiger partial charge in [-0.1, -0.05) is 34.9 Å². The number of hydrogen-bond acceptors (Lipinski definition) is 3. The highest BCUT2D eigenvalue weighted by Gasteiger charge is 2.13. The molecule has 2 N–H and O–H groups in total. The maximum absolute atomic E-state index is 11.1. The summed E-state index contributed by atoms with van der Waals surface area (Å²) in [5.74, 6) is -0.374. The summed E-state index contributed by atoms with van der Waals surface area (Å²) < 4.78 is 0. The van der Waals surface area contributed by atoms with Crippen LogP contribution < -0.4 is 0 Å². The average molecular weight is 357 g/mol. The number of phenols is 2. The predicted octanol–water partition coefficient (Wildman–Crippen LogP) is 6.18. The van der Waals surface area contributed by atoms with Crippen LogP contribution in [0.4, 0.5) is 0 Å². The second-order valence-electron chi connectivity index (χ2n) is 7.22. The van der Waals surface area contributed by atoms with Crippen molar-refractivity contribution in [2.45, 2.75) is 66.7 Å². The molecule has 26 heavy (non-hydrogen) atoms. The minimum absolute atomic E-state index is 0.132. The van der Waals surface area contributed by atoms with E-state index in [4.69, 9.17) is 0 Å². The lowest BCUT2D eigenvalue weighted by atomic mass is 9.97. The van der Waals surface area contributed by atoms with Gasteiger partial charge in [-0.15, -0.1) is 0 Å². The minimum Gasteiger partial charge on any atom is -0.504 e. The van der Waals surface area contributed by atoms with Gasteiger partial charge >= 0.3 is 0 Å². The molecule has 0 heterocycles. The van der Waals surface area contributed by atoms with Crippen molar-refractivity contribution in [3.8, 4) is 11.5 Å². The van der Waals surface area contributed by atoms with Gasteiger partial charge in [0.25, 0.3) is 0 Å². The van der Waals surface area contributed by atoms with Crippen LogP contribution in [0.15, 0.2) is 41.0 Å². The van der Waals surface area contributed by atoms with E-state index in [0.717, 1.165) is 31.2 Å². The molecule has 3 nitrogen and oxygen atoms in total. The van der Waals surface area contributed by atoms with Crippen LogP contribution in [0.2, 0.25) is 0 Å². The summed E-state index contributed by atoms with van der Waals surface area (Å²) in [5, 5.41) is 19.8. The molecule has 3 heteroatoms. The number of phenolic OH excluding ortho intramolecular Hbond substituents is 2. The Hall–Kier alpha value is -2.29. The molecule has 0 atom stereocenters. The van der Waals surface area contributed by atoms with E-state index >= 15 is 0 Å². The van der Waals surface area contributed by atoms with E-state index in [2.05, 4.69) is 45.9 Å². The summed E-state index contributed by atoms with van der Waals surface area (Å²) in [7, 11) is 0. The third kappa shape index (κ3) is 6.91. The zero-order valence-corrected chi connectivity index (χ0v) is 16.7. The molecular weight excluding hydrogens is 324 g/mol. The largest absolute Gasteiger partial charge is 0.504 e. The van der Waals surface area contributed by atoms with Gasteiger partial charge in [-0.05, 0) is 78.4 Å². The summed E-state index contributed by atoms with van der Waals surface area (Å²) in [4.78, 5) is 11.1. The van der Waals surface area contributed by atoms with Gasteiger partial charge in [0.2, 0.25) is 0 Å². The number of carbonyl (C=O) groups excluding carboxylic acids is 1. The molecule has 0 saturated carbocycles. The lowest BCUT2D eigenvalue weighted by Crippen LogP contribution is -1.95. The Bertz CT molecular complexity index is 717. The number of benzene rings is 1. The van der Waals surface area contributed by atoms with Gasteiger partial charge in [-0.3, -0.25) is 4.79 Å². The predicted molar refractivity (Wildman–Crippen MR) is 109 cm³/mol. The number of aromatic hydroxyl groups is 2. The molecular formula is C23H32O3. The third-order valence-corrected chi connectivity index (χ3v) is 4.61. The average Bonchev–Trinajstić information content (AvgIpc) is 2.57. The van der Waals surface area contributed by atoms with Gasteiger partial charge in [0.05, 0.1) is 0 Å². The molecule has 0 aromatic heterocycles. The Balaban J connectivity index is 2.66. The quantitative estimate of drug-likeness (QED) is 0.315. The van der Waals surface area contributed by atoms with Crippen molar-refractivity contribution in [2.75, 3.05) is 0 Å². The van der Waals surface area contributed by atoms with Gasteiger partial charge in [0.15, 0.2) is 11.5 Å². The SMILES string of the molecule is CC(C)=CCCC(C)=CCCC(C)=CCc1c(C)c(C=O)cc(O)c1O. The summed E-state index contributed by atoms with van der Waals surface area (Å²) in [6.45, 7) is 10.3. The van der Waals surface area contributed by atoms with Gasteiger partial charge < -0.3 is 10.2 Å². The van der Waals surface area contributed by atoms with Crippen molar-refractivity contribution in [1.29, 1.82) is 0 Å². The topological polar surface area (TPSA) is 57.5 Å². The van der Waals surface area contributed by atoms with E-state index in [0.29, 0.717) is 23.8 Å². The normalized spacial score (nSPS) is 12.2. The van der Waals surface area contributed by atoms with Crippen LogP contribution in [0.25, 0.3) is 0 Å². The molecule has 142 valence electrons. The molecule has 0 aliphatic rings. The Morgan fingerprint density at radius 1 is 0.962 bits per heavy atom. The molecule has 0 fully saturated rings. The molecule has 0 saturated heterocycles. The molecule has 0 aliphatic carbocycles. The Morgan fingerprint density at radius 3 is 2.12 bits per heavy atom. The molecule has 0 unspecified atom stereocenters. The van der Waals surface area contributed by atoms with Gasteiger partial charge in [-0.25, -0.2) is 0 Å². The van der Waals surface area contributed by atoms with Crippen molar-refractivity contribution < 1.29 is 15.0 Å². The zero-order valence-electron chi connectivity index (χ0n) is 16.7. The van der Waals surface area contributed by atoms with Crippen molar-refractivity contribution in [2.24, 2.45) is 0 Å². The molecule has 1 rings (SSSR count). The highest BCUT2D eigenvalue weighted by Crippen LogP contribution is 2.34. The molecule has 0 radical (unpaired) electrons. The second-order valence-corrected chi connectivity index (χ2v) is 7.22. The van der Waals surface area contributed by atoms with E-state index in [9.17, 15) is 15.0 Å². The maximum atomic E-state index is 11.1. The van der Waals surface area contributed by atoms with Crippen LogP contribution >= 0.6 is 0 Å². The molecule has 1 aromatic carbocycles. The zero-order chi connectivity index (χ0) is 19.7. The highest BCUT2D eigenvalue weighted by atomic mass is 16.3. The smallest absolute Gasteiger partial charge is 0.161 e. The number of aldehydes is 1. The lowest BCUT2D eigenvalue weighted by molar-refractivity contribution is 0.112.